The van der Waals surface area contributed by atoms with Gasteiger partial charge in [0.05, 0.1) is 11.3 Å². The second-order valence-corrected chi connectivity index (χ2v) is 10.7. The van der Waals surface area contributed by atoms with E-state index in [4.69, 9.17) is 16.7 Å². The van der Waals surface area contributed by atoms with Gasteiger partial charge in [0.15, 0.2) is 7.85 Å². The van der Waals surface area contributed by atoms with Crippen molar-refractivity contribution in [1.29, 1.82) is 0 Å². The molecule has 3 nitrogen and oxygen atoms in total. The molecule has 0 unspecified atom stereocenters. The zero-order valence-electron chi connectivity index (χ0n) is 23.3. The van der Waals surface area contributed by atoms with E-state index in [0.717, 1.165) is 75.9 Å². The summed E-state index contributed by atoms with van der Waals surface area (Å²) < 4.78 is 12.2. The quantitative estimate of drug-likeness (QED) is 0.146. The maximum Gasteiger partial charge on any atom is 0.168 e. The summed E-state index contributed by atoms with van der Waals surface area (Å²) in [6, 6.07) is 43.8. The molecule has 2 heterocycles. The standard InChI is InChI=1S/C38H30BNO2/c39-38-36(31-17-7-10-19-33(31)42-38)30-16-6-4-14-28(30)15-5-9-21-35-37(32-18-8-11-20-34(32)41-35)40-29-24-22-27(23-25-29)26-12-2-1-3-13-26/h1-4,6-8,10-14,16-20,22-25,40H,5,9,15,21H2. The van der Waals surface area contributed by atoms with Crippen LogP contribution in [-0.4, -0.2) is 7.85 Å². The number of para-hydroxylation sites is 2. The number of rotatable bonds is 9. The molecule has 7 aromatic rings. The number of aryl methyl sites for hydroxylation is 2. The summed E-state index contributed by atoms with van der Waals surface area (Å²) in [6.45, 7) is 0. The third-order valence-electron chi connectivity index (χ3n) is 7.94. The molecule has 5 aromatic carbocycles. The lowest BCUT2D eigenvalue weighted by Crippen LogP contribution is -2.03. The van der Waals surface area contributed by atoms with E-state index in [1.807, 2.05) is 36.4 Å². The monoisotopic (exact) mass is 543 g/mol. The highest BCUT2D eigenvalue weighted by Crippen LogP contribution is 2.36. The summed E-state index contributed by atoms with van der Waals surface area (Å²) >= 11 is 0. The van der Waals surface area contributed by atoms with Crippen molar-refractivity contribution in [3.8, 4) is 22.3 Å². The van der Waals surface area contributed by atoms with Crippen LogP contribution in [0.3, 0.4) is 0 Å². The van der Waals surface area contributed by atoms with Crippen LogP contribution in [0, 0.1) is 0 Å². The number of furan rings is 2. The van der Waals surface area contributed by atoms with Crippen molar-refractivity contribution >= 4 is 46.8 Å². The minimum absolute atomic E-state index is 0.471. The van der Waals surface area contributed by atoms with Crippen LogP contribution in [0.4, 0.5) is 11.4 Å². The van der Waals surface area contributed by atoms with Gasteiger partial charge in [-0.15, -0.1) is 0 Å². The molecule has 4 heteroatoms. The second kappa shape index (κ2) is 11.5. The van der Waals surface area contributed by atoms with Crippen LogP contribution in [0.5, 0.6) is 0 Å². The van der Waals surface area contributed by atoms with Gasteiger partial charge in [0, 0.05) is 28.4 Å². The van der Waals surface area contributed by atoms with Gasteiger partial charge in [0.1, 0.15) is 16.9 Å². The van der Waals surface area contributed by atoms with Crippen molar-refractivity contribution in [2.75, 3.05) is 5.32 Å². The van der Waals surface area contributed by atoms with E-state index in [0.29, 0.717) is 5.66 Å². The number of anilines is 2. The number of fused-ring (bicyclic) bond motifs is 2. The van der Waals surface area contributed by atoms with Crippen molar-refractivity contribution in [1.82, 2.24) is 0 Å². The van der Waals surface area contributed by atoms with Gasteiger partial charge in [0.2, 0.25) is 0 Å². The predicted octanol–water partition coefficient (Wildman–Crippen LogP) is 9.62. The van der Waals surface area contributed by atoms with Crippen LogP contribution in [0.1, 0.15) is 24.2 Å². The SMILES string of the molecule is [B]c1oc2ccccc2c1-c1ccccc1CCCCc1oc2ccccc2c1Nc1ccc(-c2ccccc2)cc1. The van der Waals surface area contributed by atoms with Gasteiger partial charge >= 0.3 is 0 Å². The number of benzene rings is 5. The Kier molecular flexibility index (Phi) is 7.11. The molecule has 0 atom stereocenters. The Morgan fingerprint density at radius 3 is 1.98 bits per heavy atom. The summed E-state index contributed by atoms with van der Waals surface area (Å²) in [7, 11) is 6.35. The van der Waals surface area contributed by atoms with Crippen molar-refractivity contribution in [2.24, 2.45) is 0 Å². The number of nitrogens with one attached hydrogen (secondary N) is 1. The average molecular weight is 543 g/mol. The zero-order chi connectivity index (χ0) is 28.3. The van der Waals surface area contributed by atoms with Crippen molar-refractivity contribution in [2.45, 2.75) is 25.7 Å². The minimum atomic E-state index is 0.471. The smallest absolute Gasteiger partial charge is 0.168 e. The van der Waals surface area contributed by atoms with E-state index in [1.165, 1.54) is 16.7 Å². The first-order chi connectivity index (χ1) is 20.7. The molecular formula is C38H30BNO2. The molecule has 0 spiro atoms. The van der Waals surface area contributed by atoms with E-state index in [1.54, 1.807) is 0 Å². The molecule has 1 N–H and O–H groups in total. The molecule has 42 heavy (non-hydrogen) atoms. The normalized spacial score (nSPS) is 11.3. The lowest BCUT2D eigenvalue weighted by Gasteiger charge is -2.11. The summed E-state index contributed by atoms with van der Waals surface area (Å²) in [5, 5.41) is 5.82. The topological polar surface area (TPSA) is 38.3 Å². The Balaban J connectivity index is 1.08. The Morgan fingerprint density at radius 1 is 0.548 bits per heavy atom. The van der Waals surface area contributed by atoms with Crippen molar-refractivity contribution in [3.63, 3.8) is 0 Å². The lowest BCUT2D eigenvalue weighted by molar-refractivity contribution is 0.534. The van der Waals surface area contributed by atoms with Gasteiger partial charge in [-0.05, 0) is 71.8 Å². The lowest BCUT2D eigenvalue weighted by atomic mass is 9.89. The van der Waals surface area contributed by atoms with Crippen molar-refractivity contribution in [3.05, 3.63) is 139 Å². The van der Waals surface area contributed by atoms with Crippen molar-refractivity contribution < 1.29 is 8.83 Å². The Morgan fingerprint density at radius 2 is 1.17 bits per heavy atom. The fourth-order valence-electron chi connectivity index (χ4n) is 5.86. The first kappa shape index (κ1) is 26.0. The van der Waals surface area contributed by atoms with E-state index in [9.17, 15) is 0 Å². The molecule has 2 radical (unpaired) electrons. The Labute approximate surface area is 247 Å². The van der Waals surface area contributed by atoms with Crippen LogP contribution in [0.15, 0.2) is 136 Å². The van der Waals surface area contributed by atoms with Crippen LogP contribution >= 0.6 is 0 Å². The molecule has 0 bridgehead atoms. The number of hydrogen-bond acceptors (Lipinski definition) is 3. The second-order valence-electron chi connectivity index (χ2n) is 10.7. The largest absolute Gasteiger partial charge is 0.472 e. The Bertz CT molecular complexity index is 1970. The van der Waals surface area contributed by atoms with Crippen LogP contribution < -0.4 is 11.0 Å². The molecule has 0 aliphatic carbocycles. The highest BCUT2D eigenvalue weighted by atomic mass is 16.3. The van der Waals surface area contributed by atoms with Crippen LogP contribution in [-0.2, 0) is 12.8 Å². The summed E-state index contributed by atoms with van der Waals surface area (Å²) in [5.41, 5.74) is 10.1. The molecule has 0 aliphatic rings. The molecule has 0 amide bonds. The maximum absolute atomic E-state index is 6.37. The first-order valence-electron chi connectivity index (χ1n) is 14.5. The number of hydrogen-bond donors (Lipinski definition) is 1. The van der Waals surface area contributed by atoms with Gasteiger partial charge in [0.25, 0.3) is 0 Å². The molecule has 7 rings (SSSR count). The van der Waals surface area contributed by atoms with Gasteiger partial charge in [-0.3, -0.25) is 0 Å². The van der Waals surface area contributed by atoms with E-state index >= 15 is 0 Å². The fraction of sp³-hybridized carbons (Fsp3) is 0.105. The average Bonchev–Trinajstić information content (AvgIpc) is 3.56. The molecule has 0 fully saturated rings. The minimum Gasteiger partial charge on any atom is -0.472 e. The molecule has 202 valence electrons. The van der Waals surface area contributed by atoms with Gasteiger partial charge in [-0.2, -0.15) is 0 Å². The zero-order valence-corrected chi connectivity index (χ0v) is 23.3. The highest BCUT2D eigenvalue weighted by molar-refractivity contribution is 6.36. The predicted molar refractivity (Wildman–Crippen MR) is 175 cm³/mol. The molecule has 0 saturated carbocycles. The van der Waals surface area contributed by atoms with E-state index < -0.39 is 0 Å². The third-order valence-corrected chi connectivity index (χ3v) is 7.94. The van der Waals surface area contributed by atoms with Crippen LogP contribution in [0.2, 0.25) is 0 Å². The molecule has 0 saturated heterocycles. The van der Waals surface area contributed by atoms with Crippen LogP contribution in [0.25, 0.3) is 44.2 Å². The summed E-state index contributed by atoms with van der Waals surface area (Å²) in [5.74, 6) is 0.988. The maximum atomic E-state index is 6.37. The van der Waals surface area contributed by atoms with Gasteiger partial charge in [-0.25, -0.2) is 0 Å². The third kappa shape index (κ3) is 5.12. The molecule has 2 aromatic heterocycles. The summed E-state index contributed by atoms with van der Waals surface area (Å²) in [6.07, 6.45) is 3.81. The molecular weight excluding hydrogens is 513 g/mol. The van der Waals surface area contributed by atoms with E-state index in [2.05, 4.69) is 96.3 Å². The van der Waals surface area contributed by atoms with E-state index in [-0.39, 0.29) is 0 Å². The highest BCUT2D eigenvalue weighted by Gasteiger charge is 2.17. The van der Waals surface area contributed by atoms with Gasteiger partial charge < -0.3 is 14.2 Å². The summed E-state index contributed by atoms with van der Waals surface area (Å²) in [4.78, 5) is 0. The number of unbranched alkanes of at least 4 members (excludes halogenated alkanes) is 1. The molecule has 0 aliphatic heterocycles. The fourth-order valence-corrected chi connectivity index (χ4v) is 5.86. The Hall–Kier alpha value is -4.96. The first-order valence-corrected chi connectivity index (χ1v) is 14.5. The van der Waals surface area contributed by atoms with Gasteiger partial charge in [-0.1, -0.05) is 97.1 Å².